The molecule has 0 aromatic carbocycles. The molecule has 24 nitrogen and oxygen atoms in total. The average molecular weight is 819 g/mol. The van der Waals surface area contributed by atoms with Gasteiger partial charge in [-0.25, -0.2) is 4.79 Å². The van der Waals surface area contributed by atoms with E-state index in [0.717, 1.165) is 6.92 Å². The zero-order valence-corrected chi connectivity index (χ0v) is 30.7. The van der Waals surface area contributed by atoms with Gasteiger partial charge in [-0.15, -0.1) is 0 Å². The van der Waals surface area contributed by atoms with Crippen LogP contribution in [0.15, 0.2) is 0 Å². The van der Waals surface area contributed by atoms with Gasteiger partial charge in [-0.3, -0.25) is 9.59 Å². The van der Waals surface area contributed by atoms with E-state index in [0.29, 0.717) is 0 Å². The van der Waals surface area contributed by atoms with Crippen LogP contribution in [0.5, 0.6) is 0 Å². The van der Waals surface area contributed by atoms with Gasteiger partial charge in [0.15, 0.2) is 12.6 Å². The van der Waals surface area contributed by atoms with Crippen LogP contribution < -0.4 is 10.6 Å². The van der Waals surface area contributed by atoms with Crippen LogP contribution >= 0.6 is 0 Å². The van der Waals surface area contributed by atoms with Crippen molar-refractivity contribution in [3.63, 3.8) is 0 Å². The van der Waals surface area contributed by atoms with Gasteiger partial charge in [-0.2, -0.15) is 0 Å². The van der Waals surface area contributed by atoms with Crippen molar-refractivity contribution >= 4 is 17.8 Å². The molecule has 0 aromatic rings. The number of hydrogen-bond donors (Lipinski definition) is 14. The number of amides is 2. The maximum absolute atomic E-state index is 12.6. The molecule has 56 heavy (non-hydrogen) atoms. The van der Waals surface area contributed by atoms with E-state index in [1.54, 1.807) is 0 Å². The van der Waals surface area contributed by atoms with E-state index in [-0.39, 0.29) is 0 Å². The van der Waals surface area contributed by atoms with Crippen molar-refractivity contribution in [2.24, 2.45) is 0 Å². The molecule has 4 fully saturated rings. The van der Waals surface area contributed by atoms with Gasteiger partial charge >= 0.3 is 5.97 Å². The number of hydrogen-bond acceptors (Lipinski definition) is 21. The van der Waals surface area contributed by atoms with Gasteiger partial charge in [0.05, 0.1) is 50.8 Å². The Morgan fingerprint density at radius 1 is 0.732 bits per heavy atom. The highest BCUT2D eigenvalue weighted by Crippen LogP contribution is 2.38. The fourth-order valence-corrected chi connectivity index (χ4v) is 7.29. The summed E-state index contributed by atoms with van der Waals surface area (Å²) in [5.74, 6) is -6.12. The van der Waals surface area contributed by atoms with Crippen molar-refractivity contribution in [3.8, 4) is 0 Å². The Hall–Kier alpha value is -2.31. The van der Waals surface area contributed by atoms with Crippen LogP contribution in [0.4, 0.5) is 0 Å². The SMILES string of the molecule is CC(=O)NC1[C@H](O[C@@H]2C(NC(C)=O)[C@@H](C)OC(CO)[C@@H]2O)OC(CO)[C@@H](O[C@@H]2OC(CO)[C@H](O)[C@H](O[C@]3(C(=O)O)C[C@@H](O)CC([C@H](O)[C@H](O)CO)O3)C2O)[C@@H]1O. The molecule has 0 bridgehead atoms. The minimum absolute atomic E-state index is 0.425. The lowest BCUT2D eigenvalue weighted by Crippen LogP contribution is -2.70. The summed E-state index contributed by atoms with van der Waals surface area (Å²) in [7, 11) is 0. The molecule has 0 radical (unpaired) electrons. The molecule has 0 aromatic heterocycles. The van der Waals surface area contributed by atoms with Crippen molar-refractivity contribution in [1.29, 1.82) is 0 Å². The van der Waals surface area contributed by atoms with Gasteiger partial charge in [0.1, 0.15) is 79.3 Å². The maximum Gasteiger partial charge on any atom is 0.364 e. The minimum Gasteiger partial charge on any atom is -0.477 e. The first-order valence-electron chi connectivity index (χ1n) is 17.9. The van der Waals surface area contributed by atoms with Gasteiger partial charge in [0.25, 0.3) is 5.79 Å². The van der Waals surface area contributed by atoms with E-state index in [1.807, 2.05) is 0 Å². The largest absolute Gasteiger partial charge is 0.477 e. The Morgan fingerprint density at radius 3 is 1.82 bits per heavy atom. The molecule has 7 unspecified atom stereocenters. The van der Waals surface area contributed by atoms with Crippen LogP contribution in [0.1, 0.15) is 33.6 Å². The Bertz CT molecular complexity index is 1320. The monoisotopic (exact) mass is 818 g/mol. The summed E-state index contributed by atoms with van der Waals surface area (Å²) in [5, 5.41) is 131. The van der Waals surface area contributed by atoms with Gasteiger partial charge in [-0.05, 0) is 6.92 Å². The lowest BCUT2D eigenvalue weighted by atomic mass is 9.91. The highest BCUT2D eigenvalue weighted by molar-refractivity contribution is 5.76. The Labute approximate surface area is 319 Å². The Morgan fingerprint density at radius 2 is 1.27 bits per heavy atom. The number of carboxylic acid groups (broad SMARTS) is 1. The summed E-state index contributed by atoms with van der Waals surface area (Å²) < 4.78 is 40.1. The molecule has 4 saturated heterocycles. The minimum atomic E-state index is -2.93. The molecule has 0 saturated carbocycles. The summed E-state index contributed by atoms with van der Waals surface area (Å²) >= 11 is 0. The first-order valence-corrected chi connectivity index (χ1v) is 17.9. The zero-order chi connectivity index (χ0) is 41.8. The summed E-state index contributed by atoms with van der Waals surface area (Å²) in [4.78, 5) is 37.0. The molecule has 20 atom stereocenters. The predicted octanol–water partition coefficient (Wildman–Crippen LogP) is -8.16. The number of carboxylic acids is 1. The van der Waals surface area contributed by atoms with Crippen molar-refractivity contribution in [2.45, 2.75) is 156 Å². The lowest BCUT2D eigenvalue weighted by Gasteiger charge is -2.50. The van der Waals surface area contributed by atoms with Crippen LogP contribution in [0.25, 0.3) is 0 Å². The van der Waals surface area contributed by atoms with E-state index in [2.05, 4.69) is 10.6 Å². The number of aliphatic hydroxyl groups is 11. The highest BCUT2D eigenvalue weighted by atomic mass is 16.8. The van der Waals surface area contributed by atoms with E-state index < -0.39 is 179 Å². The van der Waals surface area contributed by atoms with Gasteiger partial charge in [-0.1, -0.05) is 0 Å². The van der Waals surface area contributed by atoms with E-state index >= 15 is 0 Å². The van der Waals surface area contributed by atoms with Crippen molar-refractivity contribution < 1.29 is 109 Å². The molecule has 4 aliphatic heterocycles. The molecule has 14 N–H and O–H groups in total. The highest BCUT2D eigenvalue weighted by Gasteiger charge is 2.58. The summed E-state index contributed by atoms with van der Waals surface area (Å²) in [5.41, 5.74) is 0. The number of nitrogens with one attached hydrogen (secondary N) is 2. The second-order valence-electron chi connectivity index (χ2n) is 14.3. The zero-order valence-electron chi connectivity index (χ0n) is 30.7. The molecule has 0 aliphatic carbocycles. The fraction of sp³-hybridized carbons (Fsp3) is 0.906. The molecule has 2 amide bonds. The van der Waals surface area contributed by atoms with Crippen LogP contribution in [-0.2, 0) is 47.5 Å². The number of ether oxygens (including phenoxy) is 7. The van der Waals surface area contributed by atoms with E-state index in [4.69, 9.17) is 33.2 Å². The second kappa shape index (κ2) is 19.6. The van der Waals surface area contributed by atoms with Crippen LogP contribution in [0.2, 0.25) is 0 Å². The maximum atomic E-state index is 12.6. The summed E-state index contributed by atoms with van der Waals surface area (Å²) in [6, 6.07) is -2.65. The van der Waals surface area contributed by atoms with Gasteiger partial charge < -0.3 is 105 Å². The molecular weight excluding hydrogens is 764 g/mol. The standard InChI is InChI=1S/C32H54N2O22/c1-10-19(33-11(2)39)27(22(44)16(7-36)50-10)54-29-20(34-12(3)40)24(46)26(18(9-38)52-29)53-30-25(47)28(23(45)17(8-37)51-30)56-32(31(48)49)5-13(41)4-15(55-32)21(43)14(42)6-35/h10,13-30,35-38,41-47H,4-9H2,1-3H3,(H,33,39)(H,34,40)(H,48,49)/t10-,13+,14-,15?,16?,17?,18?,19?,20?,21-,22+,23+,24-,25?,26-,27-,28+,29+,30+,32+/m1/s1. The normalized spacial score (nSPS) is 44.4. The van der Waals surface area contributed by atoms with Crippen molar-refractivity contribution in [3.05, 3.63) is 0 Å². The number of rotatable bonds is 15. The molecule has 324 valence electrons. The molecule has 4 aliphatic rings. The quantitative estimate of drug-likeness (QED) is 0.0729. The van der Waals surface area contributed by atoms with Crippen LogP contribution in [0, 0.1) is 0 Å². The van der Waals surface area contributed by atoms with Crippen molar-refractivity contribution in [1.82, 2.24) is 10.6 Å². The summed E-state index contributed by atoms with van der Waals surface area (Å²) in [6.45, 7) is 0.230. The van der Waals surface area contributed by atoms with Crippen LogP contribution in [0.3, 0.4) is 0 Å². The smallest absolute Gasteiger partial charge is 0.364 e. The second-order valence-corrected chi connectivity index (χ2v) is 14.3. The predicted molar refractivity (Wildman–Crippen MR) is 176 cm³/mol. The van der Waals surface area contributed by atoms with Crippen LogP contribution in [-0.4, -0.2) is 227 Å². The number of aliphatic carboxylic acids is 1. The first kappa shape index (κ1) is 46.4. The molecule has 4 heterocycles. The third kappa shape index (κ3) is 10.1. The average Bonchev–Trinajstić information content (AvgIpc) is 3.14. The topological polar surface area (TPSA) is 383 Å². The van der Waals surface area contributed by atoms with Crippen molar-refractivity contribution in [2.75, 3.05) is 26.4 Å². The third-order valence-corrected chi connectivity index (χ3v) is 10.1. The van der Waals surface area contributed by atoms with Gasteiger partial charge in [0, 0.05) is 26.7 Å². The number of aliphatic hydroxyl groups excluding tert-OH is 11. The van der Waals surface area contributed by atoms with E-state index in [9.17, 15) is 75.7 Å². The molecule has 0 spiro atoms. The summed E-state index contributed by atoms with van der Waals surface area (Å²) in [6.07, 6.45) is -30.3. The third-order valence-electron chi connectivity index (χ3n) is 10.1. The number of carbonyl (C=O) groups excluding carboxylic acids is 2. The number of carbonyl (C=O) groups is 3. The van der Waals surface area contributed by atoms with Gasteiger partial charge in [0.2, 0.25) is 11.8 Å². The Balaban J connectivity index is 1.62. The fourth-order valence-electron chi connectivity index (χ4n) is 7.29. The lowest BCUT2D eigenvalue weighted by molar-refractivity contribution is -0.383. The molecule has 24 heteroatoms. The molecular formula is C32H54N2O22. The Kier molecular flexibility index (Phi) is 16.3. The first-order chi connectivity index (χ1) is 26.3. The van der Waals surface area contributed by atoms with E-state index in [1.165, 1.54) is 13.8 Å². The molecule has 4 rings (SSSR count).